The summed E-state index contributed by atoms with van der Waals surface area (Å²) in [5, 5.41) is 8.76. The Hall–Kier alpha value is -3.50. The third-order valence-corrected chi connectivity index (χ3v) is 8.08. The summed E-state index contributed by atoms with van der Waals surface area (Å²) in [5.41, 5.74) is 8.70. The van der Waals surface area contributed by atoms with Gasteiger partial charge in [0.05, 0.1) is 23.7 Å². The molecule has 2 aliphatic rings. The highest BCUT2D eigenvalue weighted by Gasteiger charge is 2.30. The van der Waals surface area contributed by atoms with Crippen molar-refractivity contribution in [2.75, 3.05) is 44.3 Å². The first-order valence-corrected chi connectivity index (χ1v) is 13.5. The van der Waals surface area contributed by atoms with Gasteiger partial charge in [-0.3, -0.25) is 4.90 Å². The third kappa shape index (κ3) is 4.86. The average Bonchev–Trinajstić information content (AvgIpc) is 3.53. The van der Waals surface area contributed by atoms with Crippen molar-refractivity contribution in [2.45, 2.75) is 51.2 Å². The van der Waals surface area contributed by atoms with Gasteiger partial charge >= 0.3 is 0 Å². The Morgan fingerprint density at radius 1 is 1.03 bits per heavy atom. The molecule has 0 atom stereocenters. The molecule has 0 bridgehead atoms. The van der Waals surface area contributed by atoms with Crippen molar-refractivity contribution in [3.63, 3.8) is 0 Å². The summed E-state index contributed by atoms with van der Waals surface area (Å²) in [6, 6.07) is 9.72. The van der Waals surface area contributed by atoms with E-state index >= 15 is 4.39 Å². The van der Waals surface area contributed by atoms with Crippen LogP contribution in [-0.4, -0.2) is 68.8 Å². The number of rotatable bonds is 6. The maximum Gasteiger partial charge on any atom is 0.164 e. The molecule has 1 aromatic carbocycles. The number of aromatic nitrogens is 4. The molecule has 6 rings (SSSR count). The van der Waals surface area contributed by atoms with Crippen molar-refractivity contribution < 1.29 is 8.81 Å². The highest BCUT2D eigenvalue weighted by molar-refractivity contribution is 5.98. The molecule has 2 fully saturated rings. The molecule has 1 aliphatic heterocycles. The fourth-order valence-corrected chi connectivity index (χ4v) is 5.88. The minimum Gasteiger partial charge on any atom is -0.465 e. The van der Waals surface area contributed by atoms with Crippen molar-refractivity contribution in [3.05, 3.63) is 54.0 Å². The SMILES string of the molecule is Cc1ccc(CNc2ccc(-c3nn(C4CCC(N5CCN(C)CC5)CC4)c4ncnc(N)c34)cc2F)o1. The number of aryl methyl sites for hydroxylation is 1. The van der Waals surface area contributed by atoms with Gasteiger partial charge in [0, 0.05) is 37.8 Å². The molecule has 0 radical (unpaired) electrons. The number of hydrogen-bond acceptors (Lipinski definition) is 8. The largest absolute Gasteiger partial charge is 0.465 e. The van der Waals surface area contributed by atoms with Crippen molar-refractivity contribution in [3.8, 4) is 11.3 Å². The van der Waals surface area contributed by atoms with E-state index in [0.29, 0.717) is 46.4 Å². The summed E-state index contributed by atoms with van der Waals surface area (Å²) in [5.74, 6) is 1.57. The smallest absolute Gasteiger partial charge is 0.164 e. The zero-order chi connectivity index (χ0) is 26.2. The number of piperazine rings is 1. The second-order valence-electron chi connectivity index (χ2n) is 10.6. The van der Waals surface area contributed by atoms with E-state index in [-0.39, 0.29) is 11.9 Å². The van der Waals surface area contributed by atoms with Crippen molar-refractivity contribution in [1.29, 1.82) is 0 Å². The van der Waals surface area contributed by atoms with E-state index in [1.165, 1.54) is 12.4 Å². The zero-order valence-electron chi connectivity index (χ0n) is 22.0. The summed E-state index contributed by atoms with van der Waals surface area (Å²) in [4.78, 5) is 13.8. The second kappa shape index (κ2) is 10.3. The lowest BCUT2D eigenvalue weighted by Gasteiger charge is -2.41. The highest BCUT2D eigenvalue weighted by atomic mass is 19.1. The Morgan fingerprint density at radius 3 is 2.50 bits per heavy atom. The van der Waals surface area contributed by atoms with Gasteiger partial charge in [-0.1, -0.05) is 6.07 Å². The van der Waals surface area contributed by atoms with E-state index in [1.54, 1.807) is 6.07 Å². The Kier molecular flexibility index (Phi) is 6.75. The Labute approximate surface area is 221 Å². The molecule has 3 N–H and O–H groups in total. The van der Waals surface area contributed by atoms with E-state index in [1.807, 2.05) is 29.8 Å². The average molecular weight is 519 g/mol. The minimum atomic E-state index is -0.364. The summed E-state index contributed by atoms with van der Waals surface area (Å²) in [6.45, 7) is 6.84. The molecule has 1 saturated carbocycles. The van der Waals surface area contributed by atoms with Crippen LogP contribution in [0.5, 0.6) is 0 Å². The molecule has 0 amide bonds. The van der Waals surface area contributed by atoms with Crippen molar-refractivity contribution >= 4 is 22.5 Å². The van der Waals surface area contributed by atoms with Crippen LogP contribution < -0.4 is 11.1 Å². The fraction of sp³-hybridized carbons (Fsp3) is 0.464. The summed E-state index contributed by atoms with van der Waals surface area (Å²) < 4.78 is 22.7. The summed E-state index contributed by atoms with van der Waals surface area (Å²) >= 11 is 0. The zero-order valence-corrected chi connectivity index (χ0v) is 22.0. The number of nitrogen functional groups attached to an aromatic ring is 1. The number of nitrogens with two attached hydrogens (primary N) is 1. The van der Waals surface area contributed by atoms with Gasteiger partial charge in [0.25, 0.3) is 0 Å². The standard InChI is InChI=1S/C28H35FN8O/c1-18-3-9-22(38-18)16-31-24-10-4-19(15-23(24)29)26-25-27(30)32-17-33-28(25)37(34-26)21-7-5-20(6-8-21)36-13-11-35(2)12-14-36/h3-4,9-10,15,17,20-21,31H,5-8,11-14,16H2,1-2H3,(H2,30,32,33). The highest BCUT2D eigenvalue weighted by Crippen LogP contribution is 2.37. The molecule has 200 valence electrons. The molecule has 4 aromatic rings. The number of benzene rings is 1. The predicted octanol–water partition coefficient (Wildman–Crippen LogP) is 4.46. The van der Waals surface area contributed by atoms with Crippen LogP contribution in [0.3, 0.4) is 0 Å². The van der Waals surface area contributed by atoms with Crippen LogP contribution in [0.25, 0.3) is 22.3 Å². The molecular weight excluding hydrogens is 483 g/mol. The quantitative estimate of drug-likeness (QED) is 0.386. The summed E-state index contributed by atoms with van der Waals surface area (Å²) in [7, 11) is 2.19. The fourth-order valence-electron chi connectivity index (χ4n) is 5.88. The van der Waals surface area contributed by atoms with Crippen LogP contribution in [0.2, 0.25) is 0 Å². The van der Waals surface area contributed by atoms with Crippen LogP contribution in [0.4, 0.5) is 15.9 Å². The maximum atomic E-state index is 15.2. The van der Waals surface area contributed by atoms with Gasteiger partial charge in [0.2, 0.25) is 0 Å². The molecule has 10 heteroatoms. The molecule has 0 spiro atoms. The molecular formula is C28H35FN8O. The molecule has 9 nitrogen and oxygen atoms in total. The van der Waals surface area contributed by atoms with Crippen LogP contribution in [0, 0.1) is 12.7 Å². The molecule has 4 heterocycles. The number of likely N-dealkylation sites (N-methyl/N-ethyl adjacent to an activating group) is 1. The van der Waals surface area contributed by atoms with Gasteiger partial charge < -0.3 is 20.4 Å². The lowest BCUT2D eigenvalue weighted by atomic mass is 9.90. The first kappa shape index (κ1) is 24.8. The van der Waals surface area contributed by atoms with Gasteiger partial charge in [-0.05, 0) is 63.9 Å². The number of hydrogen-bond donors (Lipinski definition) is 2. The van der Waals surface area contributed by atoms with Crippen molar-refractivity contribution in [1.82, 2.24) is 29.5 Å². The van der Waals surface area contributed by atoms with E-state index in [2.05, 4.69) is 32.1 Å². The Balaban J connectivity index is 1.23. The number of halogens is 1. The molecule has 1 aliphatic carbocycles. The van der Waals surface area contributed by atoms with Gasteiger partial charge in [-0.2, -0.15) is 5.10 Å². The number of nitrogens with one attached hydrogen (secondary N) is 1. The predicted molar refractivity (Wildman–Crippen MR) is 146 cm³/mol. The topological polar surface area (TPSA) is 101 Å². The minimum absolute atomic E-state index is 0.229. The first-order valence-electron chi connectivity index (χ1n) is 13.5. The normalized spacial score (nSPS) is 21.2. The van der Waals surface area contributed by atoms with Crippen LogP contribution in [-0.2, 0) is 6.54 Å². The second-order valence-corrected chi connectivity index (χ2v) is 10.6. The molecule has 0 unspecified atom stereocenters. The first-order chi connectivity index (χ1) is 18.5. The van der Waals surface area contributed by atoms with Crippen LogP contribution in [0.15, 0.2) is 41.1 Å². The van der Waals surface area contributed by atoms with E-state index in [4.69, 9.17) is 15.2 Å². The Morgan fingerprint density at radius 2 is 1.79 bits per heavy atom. The monoisotopic (exact) mass is 518 g/mol. The number of fused-ring (bicyclic) bond motifs is 1. The molecule has 38 heavy (non-hydrogen) atoms. The molecule has 1 saturated heterocycles. The lowest BCUT2D eigenvalue weighted by Crippen LogP contribution is -2.49. The van der Waals surface area contributed by atoms with E-state index in [9.17, 15) is 0 Å². The van der Waals surface area contributed by atoms with E-state index in [0.717, 1.165) is 63.4 Å². The van der Waals surface area contributed by atoms with Gasteiger partial charge in [0.1, 0.15) is 35.2 Å². The summed E-state index contributed by atoms with van der Waals surface area (Å²) in [6.07, 6.45) is 5.81. The lowest BCUT2D eigenvalue weighted by molar-refractivity contribution is 0.0815. The van der Waals surface area contributed by atoms with Crippen molar-refractivity contribution in [2.24, 2.45) is 0 Å². The van der Waals surface area contributed by atoms with Crippen LogP contribution >= 0.6 is 0 Å². The third-order valence-electron chi connectivity index (χ3n) is 8.08. The van der Waals surface area contributed by atoms with Gasteiger partial charge in [0.15, 0.2) is 5.65 Å². The van der Waals surface area contributed by atoms with Crippen LogP contribution in [0.1, 0.15) is 43.2 Å². The maximum absolute atomic E-state index is 15.2. The number of furan rings is 1. The van der Waals surface area contributed by atoms with Gasteiger partial charge in [-0.15, -0.1) is 0 Å². The number of nitrogens with zero attached hydrogens (tertiary/aromatic N) is 6. The van der Waals surface area contributed by atoms with E-state index < -0.39 is 0 Å². The Bertz CT molecular complexity index is 1420. The number of anilines is 2. The van der Waals surface area contributed by atoms with Gasteiger partial charge in [-0.25, -0.2) is 19.0 Å². The molecule has 3 aromatic heterocycles.